The Labute approximate surface area is 79.9 Å². The van der Waals surface area contributed by atoms with Gasteiger partial charge in [-0.1, -0.05) is 6.58 Å². The van der Waals surface area contributed by atoms with Crippen molar-refractivity contribution in [2.45, 2.75) is 18.1 Å². The van der Waals surface area contributed by atoms with Crippen molar-refractivity contribution >= 4 is 17.0 Å². The molecule has 0 saturated carbocycles. The molecule has 0 bridgehead atoms. The number of carbonyl (C=O) groups excluding carboxylic acids is 1. The molecule has 1 aliphatic heterocycles. The van der Waals surface area contributed by atoms with Crippen LogP contribution in [0.3, 0.4) is 0 Å². The molecule has 0 radical (unpaired) electrons. The lowest BCUT2D eigenvalue weighted by molar-refractivity contribution is -0.126. The van der Waals surface area contributed by atoms with Crippen LogP contribution in [0, 0.1) is 0 Å². The number of amides is 1. The van der Waals surface area contributed by atoms with Gasteiger partial charge in [-0.25, -0.2) is 4.21 Å². The van der Waals surface area contributed by atoms with E-state index in [0.29, 0.717) is 25.9 Å². The quantitative estimate of drug-likeness (QED) is 0.521. The summed E-state index contributed by atoms with van der Waals surface area (Å²) in [5, 5.41) is -0.172. The third-order valence-corrected chi connectivity index (χ3v) is 3.26. The van der Waals surface area contributed by atoms with Crippen LogP contribution in [-0.4, -0.2) is 37.9 Å². The lowest BCUT2D eigenvalue weighted by Crippen LogP contribution is -2.40. The summed E-state index contributed by atoms with van der Waals surface area (Å²) in [4.78, 5) is 12.8. The van der Waals surface area contributed by atoms with E-state index in [0.717, 1.165) is 0 Å². The van der Waals surface area contributed by atoms with Crippen molar-refractivity contribution in [2.75, 3.05) is 13.1 Å². The van der Waals surface area contributed by atoms with Gasteiger partial charge in [-0.3, -0.25) is 4.79 Å². The van der Waals surface area contributed by atoms with Gasteiger partial charge in [-0.15, -0.1) is 0 Å². The number of piperidine rings is 1. The van der Waals surface area contributed by atoms with E-state index < -0.39 is 11.1 Å². The molecular weight excluding hydrogens is 190 g/mol. The topological polar surface area (TPSA) is 57.6 Å². The van der Waals surface area contributed by atoms with Crippen molar-refractivity contribution in [3.05, 3.63) is 12.7 Å². The summed E-state index contributed by atoms with van der Waals surface area (Å²) in [5.41, 5.74) is 0. The van der Waals surface area contributed by atoms with Crippen LogP contribution in [0.15, 0.2) is 12.7 Å². The number of likely N-dealkylation sites (tertiary alicyclic amines) is 1. The molecule has 0 aromatic heterocycles. The van der Waals surface area contributed by atoms with Crippen molar-refractivity contribution in [2.24, 2.45) is 0 Å². The average Bonchev–Trinajstić information content (AvgIpc) is 2.17. The van der Waals surface area contributed by atoms with Crippen LogP contribution in [0.4, 0.5) is 0 Å². The lowest BCUT2D eigenvalue weighted by Gasteiger charge is -2.29. The molecule has 13 heavy (non-hydrogen) atoms. The first-order valence-electron chi connectivity index (χ1n) is 4.16. The fourth-order valence-corrected chi connectivity index (χ4v) is 2.02. The minimum absolute atomic E-state index is 0.0952. The third kappa shape index (κ3) is 2.63. The second kappa shape index (κ2) is 4.53. The Morgan fingerprint density at radius 3 is 2.46 bits per heavy atom. The van der Waals surface area contributed by atoms with Gasteiger partial charge in [-0.2, -0.15) is 0 Å². The monoisotopic (exact) mass is 203 g/mol. The van der Waals surface area contributed by atoms with Gasteiger partial charge in [0.05, 0.1) is 5.25 Å². The molecule has 1 saturated heterocycles. The smallest absolute Gasteiger partial charge is 0.245 e. The van der Waals surface area contributed by atoms with E-state index in [1.165, 1.54) is 6.08 Å². The van der Waals surface area contributed by atoms with Crippen molar-refractivity contribution in [3.8, 4) is 0 Å². The Balaban J connectivity index is 2.43. The molecule has 1 amide bonds. The first kappa shape index (κ1) is 10.4. The fourth-order valence-electron chi connectivity index (χ4n) is 1.41. The molecule has 1 unspecified atom stereocenters. The van der Waals surface area contributed by atoms with Crippen LogP contribution in [0.1, 0.15) is 12.8 Å². The van der Waals surface area contributed by atoms with Crippen LogP contribution in [0.5, 0.6) is 0 Å². The predicted molar refractivity (Wildman–Crippen MR) is 50.6 cm³/mol. The zero-order valence-corrected chi connectivity index (χ0v) is 8.13. The average molecular weight is 203 g/mol. The van der Waals surface area contributed by atoms with Crippen LogP contribution < -0.4 is 0 Å². The number of rotatable bonds is 2. The molecule has 1 rings (SSSR count). The molecule has 1 fully saturated rings. The molecule has 74 valence electrons. The van der Waals surface area contributed by atoms with Crippen molar-refractivity contribution in [3.63, 3.8) is 0 Å². The lowest BCUT2D eigenvalue weighted by atomic mass is 10.1. The predicted octanol–water partition coefficient (Wildman–Crippen LogP) is 0.385. The first-order valence-corrected chi connectivity index (χ1v) is 5.33. The number of hydrogen-bond donors (Lipinski definition) is 1. The van der Waals surface area contributed by atoms with Crippen molar-refractivity contribution < 1.29 is 13.6 Å². The molecule has 4 nitrogen and oxygen atoms in total. The summed E-state index contributed by atoms with van der Waals surface area (Å²) in [5.74, 6) is -0.0952. The van der Waals surface area contributed by atoms with E-state index in [9.17, 15) is 9.00 Å². The highest BCUT2D eigenvalue weighted by Crippen LogP contribution is 2.14. The summed E-state index contributed by atoms with van der Waals surface area (Å²) in [6.45, 7) is 4.50. The van der Waals surface area contributed by atoms with Gasteiger partial charge in [0.25, 0.3) is 0 Å². The summed E-state index contributed by atoms with van der Waals surface area (Å²) >= 11 is -1.75. The molecule has 0 aromatic carbocycles. The van der Waals surface area contributed by atoms with E-state index in [4.69, 9.17) is 4.55 Å². The Bertz CT molecular complexity index is 234. The zero-order chi connectivity index (χ0) is 9.84. The number of hydrogen-bond acceptors (Lipinski definition) is 2. The molecular formula is C8H13NO3S. The van der Waals surface area contributed by atoms with E-state index >= 15 is 0 Å². The third-order valence-electron chi connectivity index (χ3n) is 2.21. The van der Waals surface area contributed by atoms with Gasteiger partial charge in [0.2, 0.25) is 5.91 Å². The Morgan fingerprint density at radius 1 is 1.54 bits per heavy atom. The van der Waals surface area contributed by atoms with E-state index in [-0.39, 0.29) is 11.2 Å². The zero-order valence-electron chi connectivity index (χ0n) is 7.31. The van der Waals surface area contributed by atoms with E-state index in [1.54, 1.807) is 4.90 Å². The van der Waals surface area contributed by atoms with Crippen molar-refractivity contribution in [1.29, 1.82) is 0 Å². The minimum Gasteiger partial charge on any atom is -0.339 e. The summed E-state index contributed by atoms with van der Waals surface area (Å²) in [7, 11) is 0. The van der Waals surface area contributed by atoms with Gasteiger partial charge in [0.1, 0.15) is 0 Å². The Morgan fingerprint density at radius 2 is 2.08 bits per heavy atom. The molecule has 5 heteroatoms. The van der Waals surface area contributed by atoms with Crippen LogP contribution in [0.25, 0.3) is 0 Å². The molecule has 1 N–H and O–H groups in total. The minimum atomic E-state index is -1.75. The van der Waals surface area contributed by atoms with E-state index in [2.05, 4.69) is 6.58 Å². The van der Waals surface area contributed by atoms with Crippen LogP contribution >= 0.6 is 0 Å². The highest BCUT2D eigenvalue weighted by molar-refractivity contribution is 7.79. The van der Waals surface area contributed by atoms with Crippen LogP contribution in [0.2, 0.25) is 0 Å². The first-order chi connectivity index (χ1) is 6.15. The highest BCUT2D eigenvalue weighted by atomic mass is 32.2. The molecule has 0 aromatic rings. The van der Waals surface area contributed by atoms with E-state index in [1.807, 2.05) is 0 Å². The number of nitrogens with zero attached hydrogens (tertiary/aromatic N) is 1. The van der Waals surface area contributed by atoms with Gasteiger partial charge < -0.3 is 9.45 Å². The van der Waals surface area contributed by atoms with Gasteiger partial charge in [0.15, 0.2) is 11.1 Å². The standard InChI is InChI=1S/C8H13NO3S/c1-2-8(10)9-5-3-7(4-6-9)13(11)12/h2,7H,1,3-6H2,(H,11,12). The fraction of sp³-hybridized carbons (Fsp3) is 0.625. The SMILES string of the molecule is C=CC(=O)N1CCC(S(=O)O)CC1. The largest absolute Gasteiger partial charge is 0.339 e. The summed E-state index contributed by atoms with van der Waals surface area (Å²) in [6.07, 6.45) is 2.47. The normalized spacial score (nSPS) is 21.2. The molecule has 1 heterocycles. The maximum Gasteiger partial charge on any atom is 0.245 e. The summed E-state index contributed by atoms with van der Waals surface area (Å²) < 4.78 is 19.5. The highest BCUT2D eigenvalue weighted by Gasteiger charge is 2.24. The molecule has 1 atom stereocenters. The Kier molecular flexibility index (Phi) is 3.62. The van der Waals surface area contributed by atoms with Gasteiger partial charge >= 0.3 is 0 Å². The second-order valence-electron chi connectivity index (χ2n) is 3.00. The number of carbonyl (C=O) groups is 1. The maximum atomic E-state index is 11.1. The maximum absolute atomic E-state index is 11.1. The Hall–Kier alpha value is -0.680. The second-order valence-corrected chi connectivity index (χ2v) is 4.22. The van der Waals surface area contributed by atoms with Crippen LogP contribution in [-0.2, 0) is 15.9 Å². The summed E-state index contributed by atoms with van der Waals surface area (Å²) in [6, 6.07) is 0. The van der Waals surface area contributed by atoms with Crippen molar-refractivity contribution in [1.82, 2.24) is 4.90 Å². The molecule has 1 aliphatic rings. The molecule has 0 aliphatic carbocycles. The van der Waals surface area contributed by atoms with Gasteiger partial charge in [-0.05, 0) is 18.9 Å². The van der Waals surface area contributed by atoms with Gasteiger partial charge in [0, 0.05) is 13.1 Å². The molecule has 0 spiro atoms.